The van der Waals surface area contributed by atoms with Crippen molar-refractivity contribution in [3.8, 4) is 0 Å². The maximum absolute atomic E-state index is 15.2. The number of alkyl halides is 2. The van der Waals surface area contributed by atoms with Crippen LogP contribution in [0.15, 0.2) is 15.9 Å². The van der Waals surface area contributed by atoms with Crippen molar-refractivity contribution in [3.05, 3.63) is 27.0 Å². The minimum atomic E-state index is -4.28. The van der Waals surface area contributed by atoms with Crippen LogP contribution in [0.25, 0.3) is 22.3 Å². The number of nitrogen functional groups attached to an aromatic ring is 1. The van der Waals surface area contributed by atoms with Gasteiger partial charge in [0.1, 0.15) is 18.3 Å². The predicted molar refractivity (Wildman–Crippen MR) is 139 cm³/mol. The first-order valence-corrected chi connectivity index (χ1v) is 15.0. The van der Waals surface area contributed by atoms with Crippen LogP contribution in [0.3, 0.4) is 0 Å². The molecule has 9 atom stereocenters. The van der Waals surface area contributed by atoms with E-state index in [9.17, 15) is 29.1 Å². The van der Waals surface area contributed by atoms with E-state index in [1.165, 1.54) is 0 Å². The lowest BCUT2D eigenvalue weighted by Gasteiger charge is -2.25. The number of fused-ring (bicyclic) bond motifs is 2. The molecule has 0 saturated carbocycles. The van der Waals surface area contributed by atoms with Gasteiger partial charge in [-0.2, -0.15) is 14.3 Å². The number of aromatic amines is 2. The number of aliphatic hydroxyl groups excluding tert-OH is 2. The summed E-state index contributed by atoms with van der Waals surface area (Å²) in [6.45, 7) is -5.51. The summed E-state index contributed by atoms with van der Waals surface area (Å²) in [7, 11) is 0. The Morgan fingerprint density at radius 3 is 2.47 bits per heavy atom. The Labute approximate surface area is 241 Å². The molecule has 6 heterocycles. The smallest absolute Gasteiger partial charge is 0.325 e. The molecule has 43 heavy (non-hydrogen) atoms. The molecule has 2 saturated heterocycles. The Morgan fingerprint density at radius 2 is 1.74 bits per heavy atom. The van der Waals surface area contributed by atoms with Gasteiger partial charge in [0.25, 0.3) is 11.1 Å². The number of ether oxygens (including phenoxy) is 2. The third-order valence-electron chi connectivity index (χ3n) is 6.75. The molecule has 0 aromatic carbocycles. The van der Waals surface area contributed by atoms with Crippen LogP contribution in [0, 0.1) is 0 Å². The summed E-state index contributed by atoms with van der Waals surface area (Å²) in [5, 5.41) is 34.8. The fourth-order valence-electron chi connectivity index (χ4n) is 4.74. The molecule has 0 aliphatic carbocycles. The monoisotopic (exact) mass is 649 g/mol. The molecule has 0 amide bonds. The molecule has 0 radical (unpaired) electrons. The van der Waals surface area contributed by atoms with Crippen molar-refractivity contribution >= 4 is 46.8 Å². The largest absolute Gasteiger partial charge is 0.394 e. The number of rotatable bonds is 9. The summed E-state index contributed by atoms with van der Waals surface area (Å²) in [5.41, 5.74) is 3.58. The SMILES string of the molecule is Nc1nc2c(nnn2[C@@H]2O[C@H](CO)[C@@H](F)[C@H]2OP(O)(=S)OCC[C@H]2O[C@@H](n3nnc4c(=O)[nH]cnc43)[C@@H](F)[C@@H]2O)c(=O)[nH]1. The summed E-state index contributed by atoms with van der Waals surface area (Å²) < 4.78 is 53.8. The van der Waals surface area contributed by atoms with Crippen molar-refractivity contribution in [2.24, 2.45) is 0 Å². The van der Waals surface area contributed by atoms with Gasteiger partial charge in [0, 0.05) is 6.42 Å². The first kappa shape index (κ1) is 29.7. The Kier molecular flexibility index (Phi) is 7.76. The lowest BCUT2D eigenvalue weighted by molar-refractivity contribution is -0.0554. The van der Waals surface area contributed by atoms with Crippen molar-refractivity contribution in [3.63, 3.8) is 0 Å². The highest BCUT2D eigenvalue weighted by Crippen LogP contribution is 2.50. The van der Waals surface area contributed by atoms with Gasteiger partial charge in [-0.25, -0.2) is 13.8 Å². The van der Waals surface area contributed by atoms with Gasteiger partial charge in [-0.3, -0.25) is 19.1 Å². The molecule has 4 aromatic rings. The summed E-state index contributed by atoms with van der Waals surface area (Å²) in [5.74, 6) is -0.293. The molecule has 232 valence electrons. The number of nitrogens with two attached hydrogens (primary N) is 1. The molecule has 0 bridgehead atoms. The van der Waals surface area contributed by atoms with Crippen LogP contribution in [0.2, 0.25) is 0 Å². The van der Waals surface area contributed by atoms with E-state index in [1.54, 1.807) is 0 Å². The average Bonchev–Trinajstić information content (AvgIpc) is 3.71. The van der Waals surface area contributed by atoms with E-state index in [2.05, 4.69) is 40.6 Å². The highest BCUT2D eigenvalue weighted by Gasteiger charge is 2.51. The number of hydrogen-bond donors (Lipinski definition) is 6. The van der Waals surface area contributed by atoms with Crippen LogP contribution < -0.4 is 16.9 Å². The minimum Gasteiger partial charge on any atom is -0.394 e. The number of nitrogens with zero attached hydrogens (tertiary/aromatic N) is 8. The fourth-order valence-corrected chi connectivity index (χ4v) is 6.18. The second-order valence-electron chi connectivity index (χ2n) is 9.45. The normalized spacial score (nSPS) is 30.8. The van der Waals surface area contributed by atoms with Gasteiger partial charge in [0.15, 0.2) is 47.1 Å². The maximum atomic E-state index is 15.2. The third kappa shape index (κ3) is 5.32. The molecule has 7 N–H and O–H groups in total. The van der Waals surface area contributed by atoms with Crippen molar-refractivity contribution in [1.29, 1.82) is 0 Å². The number of anilines is 1. The van der Waals surface area contributed by atoms with E-state index in [1.807, 2.05) is 0 Å². The lowest BCUT2D eigenvalue weighted by atomic mass is 10.1. The predicted octanol–water partition coefficient (Wildman–Crippen LogP) is -2.54. The van der Waals surface area contributed by atoms with E-state index in [0.29, 0.717) is 0 Å². The zero-order valence-electron chi connectivity index (χ0n) is 21.4. The highest BCUT2D eigenvalue weighted by atomic mass is 32.5. The minimum absolute atomic E-state index is 0.0716. The summed E-state index contributed by atoms with van der Waals surface area (Å²) >= 11 is 5.03. The van der Waals surface area contributed by atoms with Crippen LogP contribution in [0.1, 0.15) is 18.9 Å². The standard InChI is InChI=1S/C19H22F2N11O9PS/c20-7-6(3-33)40-18(32-14-10(28-30-32)16(36)26-19(22)25-14)12(7)41-42(37,43)38-2-1-5-11(34)8(21)17(39-5)31-13-9(27-29-31)15(35)24-4-23-13/h4-8,11-12,17-18,33-34H,1-3H2,(H,37,43)(H,23,24,35)(H3,22,25,26,36)/t5-,6-,7-,8+,11-,12-,17-,18-,42?/m1/s1. The molecule has 2 fully saturated rings. The molecular weight excluding hydrogens is 627 g/mol. The molecule has 6 rings (SSSR count). The second-order valence-corrected chi connectivity index (χ2v) is 12.2. The highest BCUT2D eigenvalue weighted by molar-refractivity contribution is 8.07. The Hall–Kier alpha value is -3.41. The first-order chi connectivity index (χ1) is 20.5. The molecule has 4 aromatic heterocycles. The molecule has 24 heteroatoms. The maximum Gasteiger partial charge on any atom is 0.325 e. The fraction of sp³-hybridized carbons (Fsp3) is 0.579. The van der Waals surface area contributed by atoms with E-state index < -0.39 is 80.3 Å². The van der Waals surface area contributed by atoms with Crippen molar-refractivity contribution in [2.75, 3.05) is 18.9 Å². The number of hydrogen-bond acceptors (Lipinski definition) is 16. The van der Waals surface area contributed by atoms with Crippen LogP contribution in [0.5, 0.6) is 0 Å². The third-order valence-corrected chi connectivity index (χ3v) is 8.35. The van der Waals surface area contributed by atoms with E-state index in [0.717, 1.165) is 15.7 Å². The molecule has 20 nitrogen and oxygen atoms in total. The van der Waals surface area contributed by atoms with E-state index in [4.69, 9.17) is 36.1 Å². The van der Waals surface area contributed by atoms with E-state index >= 15 is 4.39 Å². The average molecular weight is 649 g/mol. The van der Waals surface area contributed by atoms with Crippen molar-refractivity contribution in [2.45, 2.75) is 55.6 Å². The van der Waals surface area contributed by atoms with Gasteiger partial charge in [-0.15, -0.1) is 10.2 Å². The number of aromatic nitrogens is 10. The summed E-state index contributed by atoms with van der Waals surface area (Å²) in [4.78, 5) is 47.1. The molecular formula is C19H22F2N11O9PS. The van der Waals surface area contributed by atoms with Crippen LogP contribution in [-0.2, 0) is 30.3 Å². The quantitative estimate of drug-likeness (QED) is 0.102. The zero-order chi connectivity index (χ0) is 30.6. The molecule has 2 aliphatic heterocycles. The van der Waals surface area contributed by atoms with Gasteiger partial charge in [-0.05, 0) is 11.8 Å². The summed E-state index contributed by atoms with van der Waals surface area (Å²) in [6, 6.07) is 0. The topological polar surface area (TPSA) is 277 Å². The first-order valence-electron chi connectivity index (χ1n) is 12.4. The van der Waals surface area contributed by atoms with Crippen molar-refractivity contribution < 1.29 is 42.4 Å². The van der Waals surface area contributed by atoms with Gasteiger partial charge in [-0.1, -0.05) is 10.4 Å². The van der Waals surface area contributed by atoms with Gasteiger partial charge < -0.3 is 39.8 Å². The summed E-state index contributed by atoms with van der Waals surface area (Å²) in [6.07, 6.45) is -12.2. The Balaban J connectivity index is 1.14. The van der Waals surface area contributed by atoms with Crippen LogP contribution >= 0.6 is 6.72 Å². The Morgan fingerprint density at radius 1 is 1.07 bits per heavy atom. The van der Waals surface area contributed by atoms with Crippen LogP contribution in [0.4, 0.5) is 14.7 Å². The van der Waals surface area contributed by atoms with Crippen molar-refractivity contribution in [1.82, 2.24) is 49.9 Å². The molecule has 0 spiro atoms. The number of H-pyrrole nitrogens is 2. The van der Waals surface area contributed by atoms with E-state index in [-0.39, 0.29) is 34.7 Å². The molecule has 1 unspecified atom stereocenters. The number of aliphatic hydroxyl groups is 2. The Bertz CT molecular complexity index is 1820. The number of halogens is 2. The lowest BCUT2D eigenvalue weighted by Crippen LogP contribution is -2.32. The van der Waals surface area contributed by atoms with Gasteiger partial charge in [0.05, 0.1) is 25.6 Å². The van der Waals surface area contributed by atoms with Crippen LogP contribution in [-0.4, -0.2) is 115 Å². The second kappa shape index (κ2) is 11.3. The molecule has 2 aliphatic rings. The van der Waals surface area contributed by atoms with Gasteiger partial charge >= 0.3 is 6.72 Å². The zero-order valence-corrected chi connectivity index (χ0v) is 23.1. The van der Waals surface area contributed by atoms with Gasteiger partial charge in [0.2, 0.25) is 5.95 Å². The number of nitrogens with one attached hydrogen (secondary N) is 2.